The van der Waals surface area contributed by atoms with Gasteiger partial charge in [-0.2, -0.15) is 26.3 Å². The molecule has 228 valence electrons. The molecule has 13 heteroatoms. The molecule has 0 saturated carbocycles. The van der Waals surface area contributed by atoms with Gasteiger partial charge < -0.3 is 14.4 Å². The molecule has 0 radical (unpaired) electrons. The number of ether oxygens (including phenoxy) is 2. The number of halogens is 7. The smallest absolute Gasteiger partial charge is 0.457 e. The van der Waals surface area contributed by atoms with Crippen molar-refractivity contribution in [3.05, 3.63) is 94.5 Å². The maximum atomic E-state index is 13.1. The molecule has 2 aliphatic heterocycles. The summed E-state index contributed by atoms with van der Waals surface area (Å²) < 4.78 is 89.5. The minimum atomic E-state index is -5.23. The fraction of sp³-hybridized carbons (Fsp3) is 0.333. The summed E-state index contributed by atoms with van der Waals surface area (Å²) in [7, 11) is 0. The number of carbonyl (C=O) groups excluding carboxylic acids is 2. The van der Waals surface area contributed by atoms with Crippen LogP contribution in [0.15, 0.2) is 72.8 Å². The lowest BCUT2D eigenvalue weighted by Crippen LogP contribution is -2.70. The summed E-state index contributed by atoms with van der Waals surface area (Å²) in [6, 6.07) is 17.3. The number of rotatable bonds is 6. The van der Waals surface area contributed by atoms with E-state index < -0.39 is 41.4 Å². The molecule has 2 heterocycles. The zero-order chi connectivity index (χ0) is 31.0. The van der Waals surface area contributed by atoms with Gasteiger partial charge >= 0.3 is 18.3 Å². The minimum absolute atomic E-state index is 0.0223. The highest BCUT2D eigenvalue weighted by Crippen LogP contribution is 2.48. The van der Waals surface area contributed by atoms with Crippen molar-refractivity contribution in [2.45, 2.75) is 38.0 Å². The van der Waals surface area contributed by atoms with E-state index >= 15 is 0 Å². The monoisotopic (exact) mass is 626 g/mol. The number of likely N-dealkylation sites (tertiary alicyclic amines) is 2. The molecule has 2 aliphatic rings. The Bertz CT molecular complexity index is 1490. The second-order valence-electron chi connectivity index (χ2n) is 10.6. The van der Waals surface area contributed by atoms with Crippen LogP contribution in [0.3, 0.4) is 0 Å². The van der Waals surface area contributed by atoms with Crippen LogP contribution in [-0.4, -0.2) is 53.7 Å². The topological polar surface area (TPSA) is 59.1 Å². The average molecular weight is 627 g/mol. The van der Waals surface area contributed by atoms with Crippen molar-refractivity contribution < 1.29 is 45.4 Å². The van der Waals surface area contributed by atoms with Gasteiger partial charge in [0.2, 0.25) is 0 Å². The van der Waals surface area contributed by atoms with Gasteiger partial charge in [0.25, 0.3) is 5.91 Å². The van der Waals surface area contributed by atoms with Crippen LogP contribution in [0.25, 0.3) is 0 Å². The van der Waals surface area contributed by atoms with E-state index in [1.165, 1.54) is 36.4 Å². The van der Waals surface area contributed by atoms with Crippen molar-refractivity contribution in [3.63, 3.8) is 0 Å². The van der Waals surface area contributed by atoms with E-state index in [2.05, 4.69) is 0 Å². The van der Waals surface area contributed by atoms with E-state index in [0.717, 1.165) is 17.0 Å². The molecule has 43 heavy (non-hydrogen) atoms. The van der Waals surface area contributed by atoms with Gasteiger partial charge in [-0.3, -0.25) is 9.69 Å². The lowest BCUT2D eigenvalue weighted by molar-refractivity contribution is -0.248. The average Bonchev–Trinajstić information content (AvgIpc) is 2.95. The predicted molar refractivity (Wildman–Crippen MR) is 143 cm³/mol. The first-order valence-corrected chi connectivity index (χ1v) is 13.6. The molecule has 0 aliphatic carbocycles. The second kappa shape index (κ2) is 11.7. The highest BCUT2D eigenvalue weighted by atomic mass is 35.5. The summed E-state index contributed by atoms with van der Waals surface area (Å²) in [4.78, 5) is 28.1. The van der Waals surface area contributed by atoms with Crippen molar-refractivity contribution in [2.75, 3.05) is 19.6 Å². The van der Waals surface area contributed by atoms with Crippen LogP contribution in [0.1, 0.15) is 34.3 Å². The second-order valence-corrected chi connectivity index (χ2v) is 11.0. The van der Waals surface area contributed by atoms with Crippen molar-refractivity contribution >= 4 is 23.5 Å². The summed E-state index contributed by atoms with van der Waals surface area (Å²) in [6.07, 6.45) is -10.5. The number of hydrogen-bond acceptors (Lipinski definition) is 5. The molecule has 2 saturated heterocycles. The van der Waals surface area contributed by atoms with Crippen LogP contribution < -0.4 is 4.74 Å². The standard InChI is InChI=1S/C30H25ClF6N2O4/c31-22-10-8-19(9-11-22)25(40)39-18-28(26(39)43-27(41)30(35,36)37)12-14-38(15-13-28)17-20-4-1-2-7-24(20)42-23-6-3-5-21(16-23)29(32,33)34/h1-11,16,26H,12-15,17-18H2. The Morgan fingerprint density at radius 1 is 0.907 bits per heavy atom. The van der Waals surface area contributed by atoms with Gasteiger partial charge in [-0.05, 0) is 74.5 Å². The Labute approximate surface area is 247 Å². The molecule has 0 bridgehead atoms. The van der Waals surface area contributed by atoms with E-state index in [1.807, 2.05) is 4.90 Å². The first kappa shape index (κ1) is 30.7. The quantitative estimate of drug-likeness (QED) is 0.212. The molecule has 5 rings (SSSR count). The maximum Gasteiger partial charge on any atom is 0.491 e. The Morgan fingerprint density at radius 3 is 2.23 bits per heavy atom. The first-order chi connectivity index (χ1) is 20.2. The minimum Gasteiger partial charge on any atom is -0.457 e. The van der Waals surface area contributed by atoms with Crippen LogP contribution in [-0.2, 0) is 22.3 Å². The van der Waals surface area contributed by atoms with Gasteiger partial charge in [0, 0.05) is 34.7 Å². The van der Waals surface area contributed by atoms with Crippen molar-refractivity contribution in [1.29, 1.82) is 0 Å². The first-order valence-electron chi connectivity index (χ1n) is 13.2. The van der Waals surface area contributed by atoms with Gasteiger partial charge in [-0.1, -0.05) is 35.9 Å². The Hall–Kier alpha value is -3.77. The Kier molecular flexibility index (Phi) is 8.36. The van der Waals surface area contributed by atoms with Gasteiger partial charge in [-0.25, -0.2) is 4.79 Å². The number of amides is 1. The van der Waals surface area contributed by atoms with E-state index in [-0.39, 0.29) is 17.9 Å². The van der Waals surface area contributed by atoms with E-state index in [1.54, 1.807) is 24.3 Å². The van der Waals surface area contributed by atoms with Crippen LogP contribution in [0.2, 0.25) is 5.02 Å². The fourth-order valence-corrected chi connectivity index (χ4v) is 5.54. The van der Waals surface area contributed by atoms with Gasteiger partial charge in [-0.15, -0.1) is 0 Å². The van der Waals surface area contributed by atoms with Crippen LogP contribution in [0.4, 0.5) is 26.3 Å². The number of piperidine rings is 1. The largest absolute Gasteiger partial charge is 0.491 e. The number of alkyl halides is 6. The van der Waals surface area contributed by atoms with Gasteiger partial charge in [0.1, 0.15) is 11.5 Å². The molecule has 1 unspecified atom stereocenters. The van der Waals surface area contributed by atoms with E-state index in [9.17, 15) is 35.9 Å². The van der Waals surface area contributed by atoms with Gasteiger partial charge in [0.05, 0.1) is 5.56 Å². The van der Waals surface area contributed by atoms with Gasteiger partial charge in [0.15, 0.2) is 6.23 Å². The number of benzene rings is 3. The maximum absolute atomic E-state index is 13.1. The summed E-state index contributed by atoms with van der Waals surface area (Å²) in [5.74, 6) is -2.56. The molecular weight excluding hydrogens is 602 g/mol. The normalized spacial score (nSPS) is 18.7. The fourth-order valence-electron chi connectivity index (χ4n) is 5.41. The summed E-state index contributed by atoms with van der Waals surface area (Å²) in [5, 5.41) is 0.380. The molecular formula is C30H25ClF6N2O4. The lowest BCUT2D eigenvalue weighted by Gasteiger charge is -2.58. The van der Waals surface area contributed by atoms with E-state index in [4.69, 9.17) is 21.1 Å². The third-order valence-corrected chi connectivity index (χ3v) is 7.95. The number of para-hydroxylation sites is 1. The predicted octanol–water partition coefficient (Wildman–Crippen LogP) is 7.32. The SMILES string of the molecule is O=C(c1ccc(Cl)cc1)N1CC2(CCN(Cc3ccccc3Oc3cccc(C(F)(F)F)c3)CC2)C1OC(=O)C(F)(F)F. The Balaban J connectivity index is 1.28. The van der Waals surface area contributed by atoms with E-state index in [0.29, 0.717) is 48.8 Å². The molecule has 1 amide bonds. The zero-order valence-electron chi connectivity index (χ0n) is 22.4. The summed E-state index contributed by atoms with van der Waals surface area (Å²) in [5.41, 5.74) is -0.812. The molecule has 3 aromatic rings. The molecule has 2 fully saturated rings. The molecule has 0 N–H and O–H groups in total. The number of carbonyl (C=O) groups is 2. The number of esters is 1. The highest BCUT2D eigenvalue weighted by Gasteiger charge is 2.59. The van der Waals surface area contributed by atoms with Crippen LogP contribution >= 0.6 is 11.6 Å². The molecule has 6 nitrogen and oxygen atoms in total. The summed E-state index contributed by atoms with van der Waals surface area (Å²) in [6.45, 7) is 1.26. The molecule has 3 aromatic carbocycles. The molecule has 0 aromatic heterocycles. The molecule has 1 spiro atoms. The number of nitrogens with zero attached hydrogens (tertiary/aromatic N) is 2. The third-order valence-electron chi connectivity index (χ3n) is 7.70. The van der Waals surface area contributed by atoms with Crippen molar-refractivity contribution in [2.24, 2.45) is 5.41 Å². The van der Waals surface area contributed by atoms with Crippen LogP contribution in [0.5, 0.6) is 11.5 Å². The van der Waals surface area contributed by atoms with Crippen LogP contribution in [0, 0.1) is 5.41 Å². The lowest BCUT2D eigenvalue weighted by atomic mass is 9.69. The number of hydrogen-bond donors (Lipinski definition) is 0. The molecule has 1 atom stereocenters. The van der Waals surface area contributed by atoms with Crippen molar-refractivity contribution in [1.82, 2.24) is 9.80 Å². The Morgan fingerprint density at radius 2 is 1.58 bits per heavy atom. The summed E-state index contributed by atoms with van der Waals surface area (Å²) >= 11 is 5.88. The third kappa shape index (κ3) is 6.75. The highest BCUT2D eigenvalue weighted by molar-refractivity contribution is 6.30. The zero-order valence-corrected chi connectivity index (χ0v) is 23.2. The van der Waals surface area contributed by atoms with Crippen molar-refractivity contribution in [3.8, 4) is 11.5 Å².